The molecule has 106 valence electrons. The van der Waals surface area contributed by atoms with Crippen molar-refractivity contribution in [1.29, 1.82) is 0 Å². The highest BCUT2D eigenvalue weighted by atomic mass is 35.5. The second kappa shape index (κ2) is 5.62. The molecule has 0 aliphatic rings. The molecule has 21 heavy (non-hydrogen) atoms. The number of halogens is 1. The number of hydrogen-bond donors (Lipinski definition) is 2. The predicted molar refractivity (Wildman–Crippen MR) is 86.9 cm³/mol. The molecule has 4 heteroatoms. The van der Waals surface area contributed by atoms with E-state index < -0.39 is 0 Å². The van der Waals surface area contributed by atoms with E-state index in [1.807, 2.05) is 43.3 Å². The van der Waals surface area contributed by atoms with Crippen molar-refractivity contribution < 1.29 is 5.11 Å². The number of aromatic nitrogens is 1. The number of hydrogen-bond acceptors (Lipinski definition) is 3. The largest absolute Gasteiger partial charge is 0.508 e. The number of aromatic hydroxyl groups is 1. The molecular formula is C17H15ClN2O. The standard InChI is InChI=1S/C17H15ClN2O/c1-11-8-15(17(18)20-9-11)19-10-14-13-5-3-2-4-12(13)6-7-16(14)21/h2-9,19,21H,10H2,1H3. The Morgan fingerprint density at radius 3 is 2.86 bits per heavy atom. The minimum Gasteiger partial charge on any atom is -0.508 e. The minimum absolute atomic E-state index is 0.276. The van der Waals surface area contributed by atoms with Gasteiger partial charge in [-0.2, -0.15) is 0 Å². The highest BCUT2D eigenvalue weighted by molar-refractivity contribution is 6.31. The van der Waals surface area contributed by atoms with Gasteiger partial charge in [-0.25, -0.2) is 4.98 Å². The first kappa shape index (κ1) is 13.7. The SMILES string of the molecule is Cc1cnc(Cl)c(NCc2c(O)ccc3ccccc23)c1. The molecule has 0 bridgehead atoms. The second-order valence-electron chi connectivity index (χ2n) is 4.99. The molecule has 0 saturated carbocycles. The summed E-state index contributed by atoms with van der Waals surface area (Å²) < 4.78 is 0. The Balaban J connectivity index is 1.95. The van der Waals surface area contributed by atoms with Gasteiger partial charge in [0.05, 0.1) is 5.69 Å². The minimum atomic E-state index is 0.276. The zero-order chi connectivity index (χ0) is 14.8. The Labute approximate surface area is 128 Å². The van der Waals surface area contributed by atoms with Crippen LogP contribution in [0.1, 0.15) is 11.1 Å². The van der Waals surface area contributed by atoms with Crippen LogP contribution >= 0.6 is 11.6 Å². The smallest absolute Gasteiger partial charge is 0.152 e. The summed E-state index contributed by atoms with van der Waals surface area (Å²) in [7, 11) is 0. The summed E-state index contributed by atoms with van der Waals surface area (Å²) in [6.45, 7) is 2.45. The molecule has 3 rings (SSSR count). The van der Waals surface area contributed by atoms with Crippen molar-refractivity contribution in [2.24, 2.45) is 0 Å². The van der Waals surface area contributed by atoms with Crippen molar-refractivity contribution >= 4 is 28.1 Å². The number of nitrogens with one attached hydrogen (secondary N) is 1. The molecule has 0 aliphatic carbocycles. The van der Waals surface area contributed by atoms with Crippen molar-refractivity contribution in [2.75, 3.05) is 5.32 Å². The van der Waals surface area contributed by atoms with Crippen LogP contribution in [0.15, 0.2) is 48.7 Å². The molecule has 0 aliphatic heterocycles. The Morgan fingerprint density at radius 1 is 1.19 bits per heavy atom. The van der Waals surface area contributed by atoms with Crippen LogP contribution < -0.4 is 5.32 Å². The second-order valence-corrected chi connectivity index (χ2v) is 5.35. The fourth-order valence-corrected chi connectivity index (χ4v) is 2.54. The molecule has 1 aromatic heterocycles. The highest BCUT2D eigenvalue weighted by Crippen LogP contribution is 2.29. The van der Waals surface area contributed by atoms with Gasteiger partial charge >= 0.3 is 0 Å². The number of pyridine rings is 1. The molecule has 0 amide bonds. The molecule has 2 aromatic carbocycles. The van der Waals surface area contributed by atoms with E-state index in [-0.39, 0.29) is 5.75 Å². The number of anilines is 1. The first-order valence-electron chi connectivity index (χ1n) is 6.71. The number of rotatable bonds is 3. The van der Waals surface area contributed by atoms with Crippen molar-refractivity contribution in [2.45, 2.75) is 13.5 Å². The van der Waals surface area contributed by atoms with Crippen LogP contribution in [0.3, 0.4) is 0 Å². The fraction of sp³-hybridized carbons (Fsp3) is 0.118. The molecule has 3 nitrogen and oxygen atoms in total. The summed E-state index contributed by atoms with van der Waals surface area (Å²) in [4.78, 5) is 4.12. The monoisotopic (exact) mass is 298 g/mol. The number of fused-ring (bicyclic) bond motifs is 1. The van der Waals surface area contributed by atoms with E-state index in [1.54, 1.807) is 12.3 Å². The van der Waals surface area contributed by atoms with Gasteiger partial charge < -0.3 is 10.4 Å². The first-order chi connectivity index (χ1) is 10.1. The summed E-state index contributed by atoms with van der Waals surface area (Å²) in [5, 5.41) is 15.9. The van der Waals surface area contributed by atoms with Crippen molar-refractivity contribution in [1.82, 2.24) is 4.98 Å². The van der Waals surface area contributed by atoms with Crippen LogP contribution in [-0.4, -0.2) is 10.1 Å². The molecule has 1 heterocycles. The molecule has 0 spiro atoms. The van der Waals surface area contributed by atoms with Crippen molar-refractivity contribution in [3.63, 3.8) is 0 Å². The zero-order valence-electron chi connectivity index (χ0n) is 11.6. The Hall–Kier alpha value is -2.26. The lowest BCUT2D eigenvalue weighted by molar-refractivity contribution is 0.470. The molecule has 2 N–H and O–H groups in total. The van der Waals surface area contributed by atoms with Crippen LogP contribution in [0.5, 0.6) is 5.75 Å². The average Bonchev–Trinajstić information content (AvgIpc) is 2.49. The molecule has 0 saturated heterocycles. The predicted octanol–water partition coefficient (Wildman–Crippen LogP) is 4.51. The van der Waals surface area contributed by atoms with E-state index in [1.165, 1.54) is 0 Å². The Bertz CT molecular complexity index is 802. The van der Waals surface area contributed by atoms with Crippen LogP contribution in [0.25, 0.3) is 10.8 Å². The van der Waals surface area contributed by atoms with Gasteiger partial charge in [0.15, 0.2) is 5.15 Å². The van der Waals surface area contributed by atoms with Gasteiger partial charge in [0.1, 0.15) is 5.75 Å². The van der Waals surface area contributed by atoms with Gasteiger partial charge in [0.2, 0.25) is 0 Å². The highest BCUT2D eigenvalue weighted by Gasteiger charge is 2.08. The fourth-order valence-electron chi connectivity index (χ4n) is 2.37. The van der Waals surface area contributed by atoms with Gasteiger partial charge in [0, 0.05) is 18.3 Å². The summed E-state index contributed by atoms with van der Waals surface area (Å²) in [6.07, 6.45) is 1.73. The van der Waals surface area contributed by atoms with Crippen molar-refractivity contribution in [3.8, 4) is 5.75 Å². The third kappa shape index (κ3) is 2.78. The van der Waals surface area contributed by atoms with Crippen LogP contribution in [0.2, 0.25) is 5.15 Å². The Morgan fingerprint density at radius 2 is 2.00 bits per heavy atom. The number of aryl methyl sites for hydroxylation is 1. The number of benzene rings is 2. The van der Waals surface area contributed by atoms with E-state index in [4.69, 9.17) is 11.6 Å². The summed E-state index contributed by atoms with van der Waals surface area (Å²) in [5.41, 5.74) is 2.65. The number of phenols is 1. The van der Waals surface area contributed by atoms with E-state index in [0.717, 1.165) is 27.6 Å². The average molecular weight is 299 g/mol. The van der Waals surface area contributed by atoms with Gasteiger partial charge in [-0.15, -0.1) is 0 Å². The maximum Gasteiger partial charge on any atom is 0.152 e. The van der Waals surface area contributed by atoms with Gasteiger partial charge in [-0.1, -0.05) is 41.9 Å². The lowest BCUT2D eigenvalue weighted by atomic mass is 10.0. The van der Waals surface area contributed by atoms with E-state index >= 15 is 0 Å². The lowest BCUT2D eigenvalue weighted by Gasteiger charge is -2.12. The molecule has 0 radical (unpaired) electrons. The normalized spacial score (nSPS) is 10.8. The lowest BCUT2D eigenvalue weighted by Crippen LogP contribution is -2.02. The van der Waals surface area contributed by atoms with Crippen LogP contribution in [0, 0.1) is 6.92 Å². The van der Waals surface area contributed by atoms with Gasteiger partial charge in [-0.3, -0.25) is 0 Å². The molecule has 0 unspecified atom stereocenters. The molecule has 0 fully saturated rings. The number of phenolic OH excluding ortho intramolecular Hbond substituents is 1. The summed E-state index contributed by atoms with van der Waals surface area (Å²) in [6, 6.07) is 13.5. The van der Waals surface area contributed by atoms with Crippen molar-refractivity contribution in [3.05, 3.63) is 64.9 Å². The first-order valence-corrected chi connectivity index (χ1v) is 7.08. The topological polar surface area (TPSA) is 45.2 Å². The summed E-state index contributed by atoms with van der Waals surface area (Å²) >= 11 is 6.08. The van der Waals surface area contributed by atoms with Crippen LogP contribution in [0.4, 0.5) is 5.69 Å². The third-order valence-corrected chi connectivity index (χ3v) is 3.75. The van der Waals surface area contributed by atoms with E-state index in [9.17, 15) is 5.11 Å². The molecule has 3 aromatic rings. The Kier molecular flexibility index (Phi) is 3.67. The molecule has 0 atom stereocenters. The van der Waals surface area contributed by atoms with E-state index in [2.05, 4.69) is 10.3 Å². The van der Waals surface area contributed by atoms with E-state index in [0.29, 0.717) is 11.7 Å². The van der Waals surface area contributed by atoms with Gasteiger partial charge in [0.25, 0.3) is 0 Å². The number of nitrogens with zero attached hydrogens (tertiary/aromatic N) is 1. The summed E-state index contributed by atoms with van der Waals surface area (Å²) in [5.74, 6) is 0.276. The quantitative estimate of drug-likeness (QED) is 0.699. The third-order valence-electron chi connectivity index (χ3n) is 3.45. The van der Waals surface area contributed by atoms with Crippen LogP contribution in [-0.2, 0) is 6.54 Å². The maximum absolute atomic E-state index is 10.1. The molecular weight excluding hydrogens is 284 g/mol. The zero-order valence-corrected chi connectivity index (χ0v) is 12.4. The van der Waals surface area contributed by atoms with Gasteiger partial charge in [-0.05, 0) is 35.4 Å². The maximum atomic E-state index is 10.1.